The Labute approximate surface area is 203 Å². The van der Waals surface area contributed by atoms with Crippen molar-refractivity contribution in [3.05, 3.63) is 54.1 Å². The van der Waals surface area contributed by atoms with E-state index in [4.69, 9.17) is 14.2 Å². The average Bonchev–Trinajstić information content (AvgIpc) is 2.83. The molecule has 184 valence electrons. The third-order valence-corrected chi connectivity index (χ3v) is 6.38. The summed E-state index contributed by atoms with van der Waals surface area (Å²) in [7, 11) is 4.17. The quantitative estimate of drug-likeness (QED) is 0.335. The summed E-state index contributed by atoms with van der Waals surface area (Å²) in [5.74, 6) is 2.07. The molecule has 0 N–H and O–H groups in total. The molecule has 1 unspecified atom stereocenters. The zero-order valence-corrected chi connectivity index (χ0v) is 20.8. The standard InChI is InChI=1S/C28H37NO5/c1-5-20(2)19-32-24-14-16-26(17-15-24)34-28(31)23-10-12-25(13-11-23)33-27(30)22-8-6-21(7-9-22)18-29(3)4/h10-17,20-22H,5-9,18-19H2,1-4H3. The highest BCUT2D eigenvalue weighted by atomic mass is 16.5. The predicted octanol–water partition coefficient (Wildman–Crippen LogP) is 5.60. The van der Waals surface area contributed by atoms with Gasteiger partial charge in [0.2, 0.25) is 0 Å². The van der Waals surface area contributed by atoms with Gasteiger partial charge in [-0.15, -0.1) is 0 Å². The highest BCUT2D eigenvalue weighted by Crippen LogP contribution is 2.30. The molecular weight excluding hydrogens is 430 g/mol. The fourth-order valence-electron chi connectivity index (χ4n) is 4.08. The highest BCUT2D eigenvalue weighted by molar-refractivity contribution is 5.91. The maximum absolute atomic E-state index is 12.6. The summed E-state index contributed by atoms with van der Waals surface area (Å²) in [5.41, 5.74) is 0.390. The SMILES string of the molecule is CCC(C)COc1ccc(OC(=O)c2ccc(OC(=O)C3CCC(CN(C)C)CC3)cc2)cc1. The fraction of sp³-hybridized carbons (Fsp3) is 0.500. The Hall–Kier alpha value is -2.86. The first kappa shape index (κ1) is 25.8. The van der Waals surface area contributed by atoms with Gasteiger partial charge in [-0.25, -0.2) is 4.79 Å². The molecule has 0 bridgehead atoms. The lowest BCUT2D eigenvalue weighted by atomic mass is 9.82. The molecule has 0 spiro atoms. The lowest BCUT2D eigenvalue weighted by molar-refractivity contribution is -0.140. The third kappa shape index (κ3) is 7.87. The van der Waals surface area contributed by atoms with E-state index >= 15 is 0 Å². The van der Waals surface area contributed by atoms with E-state index in [2.05, 4.69) is 32.8 Å². The second kappa shape index (κ2) is 12.6. The molecule has 0 amide bonds. The highest BCUT2D eigenvalue weighted by Gasteiger charge is 2.28. The van der Waals surface area contributed by atoms with E-state index in [0.29, 0.717) is 35.5 Å². The van der Waals surface area contributed by atoms with Gasteiger partial charge in [0.05, 0.1) is 18.1 Å². The van der Waals surface area contributed by atoms with Crippen molar-refractivity contribution in [2.45, 2.75) is 46.0 Å². The first-order valence-electron chi connectivity index (χ1n) is 12.3. The van der Waals surface area contributed by atoms with Crippen LogP contribution in [0.25, 0.3) is 0 Å². The van der Waals surface area contributed by atoms with Crippen molar-refractivity contribution in [3.8, 4) is 17.2 Å². The summed E-state index contributed by atoms with van der Waals surface area (Å²) in [5, 5.41) is 0. The van der Waals surface area contributed by atoms with Crippen LogP contribution in [0.1, 0.15) is 56.3 Å². The van der Waals surface area contributed by atoms with Gasteiger partial charge in [-0.05, 0) is 100 Å². The molecule has 6 heteroatoms. The van der Waals surface area contributed by atoms with Crippen molar-refractivity contribution in [1.82, 2.24) is 4.90 Å². The van der Waals surface area contributed by atoms with Crippen LogP contribution in [0.3, 0.4) is 0 Å². The first-order chi connectivity index (χ1) is 16.3. The number of benzene rings is 2. The molecule has 0 saturated heterocycles. The molecule has 0 heterocycles. The van der Waals surface area contributed by atoms with Crippen molar-refractivity contribution in [3.63, 3.8) is 0 Å². The molecular formula is C28H37NO5. The lowest BCUT2D eigenvalue weighted by Gasteiger charge is -2.29. The third-order valence-electron chi connectivity index (χ3n) is 6.38. The Morgan fingerprint density at radius 3 is 2.03 bits per heavy atom. The molecule has 1 fully saturated rings. The van der Waals surface area contributed by atoms with E-state index in [1.54, 1.807) is 48.5 Å². The molecule has 6 nitrogen and oxygen atoms in total. The van der Waals surface area contributed by atoms with Crippen molar-refractivity contribution < 1.29 is 23.8 Å². The first-order valence-corrected chi connectivity index (χ1v) is 12.3. The minimum absolute atomic E-state index is 0.0554. The topological polar surface area (TPSA) is 65.1 Å². The number of hydrogen-bond acceptors (Lipinski definition) is 6. The number of nitrogens with zero attached hydrogens (tertiary/aromatic N) is 1. The Morgan fingerprint density at radius 1 is 0.882 bits per heavy atom. The Kier molecular flexibility index (Phi) is 9.52. The molecule has 1 atom stereocenters. The lowest BCUT2D eigenvalue weighted by Crippen LogP contribution is -2.30. The number of esters is 2. The fourth-order valence-corrected chi connectivity index (χ4v) is 4.08. The van der Waals surface area contributed by atoms with Crippen LogP contribution in [0.5, 0.6) is 17.2 Å². The Morgan fingerprint density at radius 2 is 1.44 bits per heavy atom. The molecule has 1 aliphatic rings. The minimum Gasteiger partial charge on any atom is -0.493 e. The van der Waals surface area contributed by atoms with Gasteiger partial charge in [-0.1, -0.05) is 20.3 Å². The van der Waals surface area contributed by atoms with Gasteiger partial charge in [0.15, 0.2) is 0 Å². The number of ether oxygens (including phenoxy) is 3. The summed E-state index contributed by atoms with van der Waals surface area (Å²) in [6.07, 6.45) is 4.89. The number of carbonyl (C=O) groups excluding carboxylic acids is 2. The van der Waals surface area contributed by atoms with E-state index in [0.717, 1.165) is 44.4 Å². The number of carbonyl (C=O) groups is 2. The minimum atomic E-state index is -0.467. The van der Waals surface area contributed by atoms with Gasteiger partial charge >= 0.3 is 11.9 Å². The van der Waals surface area contributed by atoms with Crippen LogP contribution in [0.2, 0.25) is 0 Å². The van der Waals surface area contributed by atoms with Crippen LogP contribution in [0.4, 0.5) is 0 Å². The molecule has 1 saturated carbocycles. The maximum Gasteiger partial charge on any atom is 0.343 e. The van der Waals surface area contributed by atoms with E-state index < -0.39 is 5.97 Å². The summed E-state index contributed by atoms with van der Waals surface area (Å²) in [4.78, 5) is 27.2. The Bertz CT molecular complexity index is 915. The van der Waals surface area contributed by atoms with Crippen molar-refractivity contribution in [2.24, 2.45) is 17.8 Å². The zero-order chi connectivity index (χ0) is 24.5. The number of rotatable bonds is 10. The number of hydrogen-bond donors (Lipinski definition) is 0. The summed E-state index contributed by atoms with van der Waals surface area (Å²) in [6.45, 7) is 5.99. The van der Waals surface area contributed by atoms with Gasteiger partial charge in [0.25, 0.3) is 0 Å². The molecule has 3 rings (SSSR count). The van der Waals surface area contributed by atoms with E-state index in [9.17, 15) is 9.59 Å². The monoisotopic (exact) mass is 467 g/mol. The molecule has 0 radical (unpaired) electrons. The normalized spacial score (nSPS) is 18.9. The van der Waals surface area contributed by atoms with Gasteiger partial charge in [-0.3, -0.25) is 4.79 Å². The Balaban J connectivity index is 1.46. The largest absolute Gasteiger partial charge is 0.493 e. The van der Waals surface area contributed by atoms with Gasteiger partial charge in [0.1, 0.15) is 17.2 Å². The van der Waals surface area contributed by atoms with Crippen LogP contribution in [-0.2, 0) is 4.79 Å². The smallest absolute Gasteiger partial charge is 0.343 e. The predicted molar refractivity (Wildman–Crippen MR) is 132 cm³/mol. The average molecular weight is 468 g/mol. The van der Waals surface area contributed by atoms with Crippen LogP contribution in [0.15, 0.2) is 48.5 Å². The van der Waals surface area contributed by atoms with Gasteiger partial charge < -0.3 is 19.1 Å². The van der Waals surface area contributed by atoms with E-state index in [-0.39, 0.29) is 11.9 Å². The van der Waals surface area contributed by atoms with Crippen LogP contribution >= 0.6 is 0 Å². The van der Waals surface area contributed by atoms with E-state index in [1.165, 1.54) is 0 Å². The summed E-state index contributed by atoms with van der Waals surface area (Å²) >= 11 is 0. The maximum atomic E-state index is 12.6. The van der Waals surface area contributed by atoms with Crippen LogP contribution in [-0.4, -0.2) is 44.1 Å². The second-order valence-electron chi connectivity index (χ2n) is 9.61. The molecule has 2 aromatic carbocycles. The molecule has 0 aromatic heterocycles. The molecule has 0 aliphatic heterocycles. The van der Waals surface area contributed by atoms with Crippen molar-refractivity contribution in [1.29, 1.82) is 0 Å². The molecule has 1 aliphatic carbocycles. The van der Waals surface area contributed by atoms with Crippen LogP contribution < -0.4 is 14.2 Å². The molecule has 34 heavy (non-hydrogen) atoms. The second-order valence-corrected chi connectivity index (χ2v) is 9.61. The van der Waals surface area contributed by atoms with Crippen LogP contribution in [0, 0.1) is 17.8 Å². The summed E-state index contributed by atoms with van der Waals surface area (Å²) < 4.78 is 16.7. The molecule has 2 aromatic rings. The van der Waals surface area contributed by atoms with Gasteiger partial charge in [-0.2, -0.15) is 0 Å². The van der Waals surface area contributed by atoms with Gasteiger partial charge in [0, 0.05) is 6.54 Å². The van der Waals surface area contributed by atoms with Crippen molar-refractivity contribution >= 4 is 11.9 Å². The van der Waals surface area contributed by atoms with Crippen molar-refractivity contribution in [2.75, 3.05) is 27.2 Å². The van der Waals surface area contributed by atoms with E-state index in [1.807, 2.05) is 0 Å². The summed E-state index contributed by atoms with van der Waals surface area (Å²) in [6, 6.07) is 13.5. The zero-order valence-electron chi connectivity index (χ0n) is 20.8.